The molecule has 4 heterocycles. The number of carboxylic acid groups (broad SMARTS) is 1. The van der Waals surface area contributed by atoms with Gasteiger partial charge in [-0.15, -0.1) is 0 Å². The number of hydrogen-bond donors (Lipinski definition) is 2. The van der Waals surface area contributed by atoms with Crippen molar-refractivity contribution in [1.82, 2.24) is 25.2 Å². The lowest BCUT2D eigenvalue weighted by Gasteiger charge is -2.36. The Morgan fingerprint density at radius 3 is 2.39 bits per heavy atom. The average molecular weight is 600 g/mol. The Hall–Kier alpha value is -2.98. The second kappa shape index (κ2) is 13.3. The van der Waals surface area contributed by atoms with E-state index in [9.17, 15) is 4.79 Å². The van der Waals surface area contributed by atoms with Crippen molar-refractivity contribution in [2.45, 2.75) is 45.2 Å². The van der Waals surface area contributed by atoms with Crippen LogP contribution in [0.4, 0.5) is 5.95 Å². The van der Waals surface area contributed by atoms with E-state index in [4.69, 9.17) is 38.0 Å². The highest BCUT2D eigenvalue weighted by molar-refractivity contribution is 6.35. The normalized spacial score (nSPS) is 20.2. The van der Waals surface area contributed by atoms with Gasteiger partial charge in [-0.1, -0.05) is 30.1 Å². The van der Waals surface area contributed by atoms with Gasteiger partial charge in [0.15, 0.2) is 5.75 Å². The Morgan fingerprint density at radius 1 is 1.05 bits per heavy atom. The van der Waals surface area contributed by atoms with Crippen LogP contribution >= 0.6 is 23.2 Å². The van der Waals surface area contributed by atoms with Crippen molar-refractivity contribution < 1.29 is 14.6 Å². The van der Waals surface area contributed by atoms with Crippen LogP contribution in [0.2, 0.25) is 10.0 Å². The third kappa shape index (κ3) is 7.86. The summed E-state index contributed by atoms with van der Waals surface area (Å²) in [5.41, 5.74) is 2.51. The van der Waals surface area contributed by atoms with E-state index in [2.05, 4.69) is 32.0 Å². The maximum absolute atomic E-state index is 11.1. The number of nitrogens with one attached hydrogen (secondary N) is 1. The van der Waals surface area contributed by atoms with Crippen LogP contribution in [0.5, 0.6) is 11.6 Å². The van der Waals surface area contributed by atoms with E-state index < -0.39 is 5.97 Å². The second-order valence-corrected chi connectivity index (χ2v) is 12.0. The fourth-order valence-electron chi connectivity index (χ4n) is 5.81. The number of benzene rings is 1. The van der Waals surface area contributed by atoms with Gasteiger partial charge in [-0.3, -0.25) is 9.69 Å². The molecule has 2 atom stereocenters. The number of piperidine rings is 2. The predicted molar refractivity (Wildman–Crippen MR) is 161 cm³/mol. The zero-order chi connectivity index (χ0) is 28.9. The third-order valence-corrected chi connectivity index (χ3v) is 8.43. The molecule has 2 aliphatic rings. The number of halogens is 2. The van der Waals surface area contributed by atoms with Gasteiger partial charge in [0, 0.05) is 53.8 Å². The molecule has 2 fully saturated rings. The van der Waals surface area contributed by atoms with E-state index in [1.807, 2.05) is 31.3 Å². The van der Waals surface area contributed by atoms with Crippen molar-refractivity contribution in [3.05, 3.63) is 58.3 Å². The summed E-state index contributed by atoms with van der Waals surface area (Å²) in [6, 6.07) is 9.81. The van der Waals surface area contributed by atoms with Crippen molar-refractivity contribution in [2.75, 3.05) is 38.1 Å². The molecule has 2 unspecified atom stereocenters. The van der Waals surface area contributed by atoms with Crippen LogP contribution in [-0.2, 0) is 11.3 Å². The number of carbonyl (C=O) groups is 1. The number of ether oxygens (including phenoxy) is 1. The molecular weight excluding hydrogens is 563 g/mol. The molecule has 0 amide bonds. The number of nitrogens with zero attached hydrogens (tertiary/aromatic N) is 5. The van der Waals surface area contributed by atoms with Crippen LogP contribution in [-0.4, -0.2) is 70.2 Å². The van der Waals surface area contributed by atoms with Crippen LogP contribution in [0.3, 0.4) is 0 Å². The van der Waals surface area contributed by atoms with Crippen LogP contribution in [0.25, 0.3) is 11.3 Å². The van der Waals surface area contributed by atoms with Crippen molar-refractivity contribution in [1.29, 1.82) is 0 Å². The van der Waals surface area contributed by atoms with Gasteiger partial charge < -0.3 is 20.1 Å². The van der Waals surface area contributed by atoms with Crippen molar-refractivity contribution in [3.63, 3.8) is 0 Å². The molecule has 0 aliphatic carbocycles. The zero-order valence-corrected chi connectivity index (χ0v) is 24.9. The minimum atomic E-state index is -0.728. The SMILES string of the molecule is CNC1CCN(c2ncc(Oc3cc(CN4CCC(CC(=O)O)CC4)cc(-c4cc(Cl)cc(Cl)c4)n3)cn2)CC1C. The fourth-order valence-corrected chi connectivity index (χ4v) is 6.33. The molecule has 2 aliphatic heterocycles. The number of rotatable bonds is 9. The van der Waals surface area contributed by atoms with Crippen LogP contribution in [0.1, 0.15) is 38.2 Å². The minimum absolute atomic E-state index is 0.227. The Balaban J connectivity index is 1.34. The lowest BCUT2D eigenvalue weighted by atomic mass is 9.93. The first-order chi connectivity index (χ1) is 19.7. The lowest BCUT2D eigenvalue weighted by Crippen LogP contribution is -2.47. The highest BCUT2D eigenvalue weighted by Crippen LogP contribution is 2.31. The lowest BCUT2D eigenvalue weighted by molar-refractivity contribution is -0.138. The average Bonchev–Trinajstić information content (AvgIpc) is 2.93. The van der Waals surface area contributed by atoms with Gasteiger partial charge in [0.1, 0.15) is 0 Å². The summed E-state index contributed by atoms with van der Waals surface area (Å²) in [5.74, 6) is 1.62. The summed E-state index contributed by atoms with van der Waals surface area (Å²) in [7, 11) is 2.01. The summed E-state index contributed by atoms with van der Waals surface area (Å²) in [4.78, 5) is 29.6. The molecule has 0 spiro atoms. The Kier molecular flexibility index (Phi) is 9.60. The number of aromatic nitrogens is 3. The van der Waals surface area contributed by atoms with E-state index in [0.717, 1.165) is 56.6 Å². The van der Waals surface area contributed by atoms with Crippen LogP contribution in [0, 0.1) is 11.8 Å². The quantitative estimate of drug-likeness (QED) is 0.318. The monoisotopic (exact) mass is 598 g/mol. The highest BCUT2D eigenvalue weighted by atomic mass is 35.5. The van der Waals surface area contributed by atoms with E-state index in [-0.39, 0.29) is 12.3 Å². The molecule has 11 heteroatoms. The fraction of sp³-hybridized carbons (Fsp3) is 0.467. The number of hydrogen-bond acceptors (Lipinski definition) is 8. The smallest absolute Gasteiger partial charge is 0.303 e. The van der Waals surface area contributed by atoms with Gasteiger partial charge in [-0.05, 0) is 81.1 Å². The molecule has 41 heavy (non-hydrogen) atoms. The topological polar surface area (TPSA) is 104 Å². The van der Waals surface area contributed by atoms with Crippen LogP contribution < -0.4 is 15.0 Å². The molecule has 2 aromatic heterocycles. The molecule has 5 rings (SSSR count). The molecule has 9 nitrogen and oxygen atoms in total. The second-order valence-electron chi connectivity index (χ2n) is 11.1. The van der Waals surface area contributed by atoms with Gasteiger partial charge in [0.05, 0.1) is 18.1 Å². The number of pyridine rings is 1. The van der Waals surface area contributed by atoms with Crippen molar-refractivity contribution >= 4 is 35.1 Å². The first-order valence-corrected chi connectivity index (χ1v) is 14.8. The van der Waals surface area contributed by atoms with Gasteiger partial charge in [-0.25, -0.2) is 15.0 Å². The largest absolute Gasteiger partial charge is 0.481 e. The van der Waals surface area contributed by atoms with Crippen molar-refractivity contribution in [2.24, 2.45) is 11.8 Å². The van der Waals surface area contributed by atoms with E-state index >= 15 is 0 Å². The maximum Gasteiger partial charge on any atom is 0.303 e. The number of carboxylic acids is 1. The Labute approximate surface area is 250 Å². The Morgan fingerprint density at radius 2 is 1.76 bits per heavy atom. The third-order valence-electron chi connectivity index (χ3n) is 7.99. The van der Waals surface area contributed by atoms with E-state index in [1.165, 1.54) is 0 Å². The number of likely N-dealkylation sites (tertiary alicyclic amines) is 1. The molecule has 218 valence electrons. The van der Waals surface area contributed by atoms with Crippen molar-refractivity contribution in [3.8, 4) is 22.9 Å². The predicted octanol–water partition coefficient (Wildman–Crippen LogP) is 5.76. The number of anilines is 1. The zero-order valence-electron chi connectivity index (χ0n) is 23.4. The molecule has 0 radical (unpaired) electrons. The molecule has 3 aromatic rings. The summed E-state index contributed by atoms with van der Waals surface area (Å²) in [5, 5.41) is 13.6. The molecular formula is C30H36Cl2N6O3. The van der Waals surface area contributed by atoms with Gasteiger partial charge in [-0.2, -0.15) is 0 Å². The molecule has 2 saturated heterocycles. The van der Waals surface area contributed by atoms with Gasteiger partial charge in [0.2, 0.25) is 11.8 Å². The highest BCUT2D eigenvalue weighted by Gasteiger charge is 2.26. The summed E-state index contributed by atoms with van der Waals surface area (Å²) in [6.45, 7) is 6.41. The maximum atomic E-state index is 11.1. The summed E-state index contributed by atoms with van der Waals surface area (Å²) >= 11 is 12.6. The first kappa shape index (κ1) is 29.5. The Bertz CT molecular complexity index is 1330. The number of aliphatic carboxylic acids is 1. The molecule has 1 aromatic carbocycles. The minimum Gasteiger partial charge on any atom is -0.481 e. The molecule has 0 saturated carbocycles. The first-order valence-electron chi connectivity index (χ1n) is 14.1. The van der Waals surface area contributed by atoms with Crippen LogP contribution in [0.15, 0.2) is 42.7 Å². The van der Waals surface area contributed by atoms with Gasteiger partial charge >= 0.3 is 5.97 Å². The summed E-state index contributed by atoms with van der Waals surface area (Å²) < 4.78 is 6.18. The standard InChI is InChI=1S/C30H36Cl2N6O3/c1-19-17-38(8-5-26(19)33-2)30-34-15-25(16-35-30)41-28-10-21(18-37-6-3-20(4-7-37)11-29(39)40)9-27(36-28)22-12-23(31)14-24(32)13-22/h9-10,12-16,19-20,26,33H,3-8,11,17-18H2,1-2H3,(H,39,40). The summed E-state index contributed by atoms with van der Waals surface area (Å²) in [6.07, 6.45) is 6.39. The van der Waals surface area contributed by atoms with Gasteiger partial charge in [0.25, 0.3) is 0 Å². The molecule has 2 N–H and O–H groups in total. The van der Waals surface area contributed by atoms with E-state index in [0.29, 0.717) is 51.8 Å². The van der Waals surface area contributed by atoms with E-state index in [1.54, 1.807) is 18.5 Å². The molecule has 0 bridgehead atoms.